The van der Waals surface area contributed by atoms with Crippen LogP contribution in [0.1, 0.15) is 27.5 Å². The molecule has 0 bridgehead atoms. The third kappa shape index (κ3) is 4.63. The van der Waals surface area contributed by atoms with Crippen LogP contribution in [0.4, 0.5) is 0 Å². The van der Waals surface area contributed by atoms with Gasteiger partial charge in [0.15, 0.2) is 23.8 Å². The maximum absolute atomic E-state index is 12.5. The van der Waals surface area contributed by atoms with Crippen LogP contribution in [-0.4, -0.2) is 34.9 Å². The summed E-state index contributed by atoms with van der Waals surface area (Å²) in [6.45, 7) is 2.51. The lowest BCUT2D eigenvalue weighted by Crippen LogP contribution is -2.26. The molecule has 1 aromatic carbocycles. The Morgan fingerprint density at radius 3 is 2.85 bits per heavy atom. The minimum absolute atomic E-state index is 0.0963. The quantitative estimate of drug-likeness (QED) is 0.638. The summed E-state index contributed by atoms with van der Waals surface area (Å²) in [6.07, 6.45) is 4.76. The predicted molar refractivity (Wildman–Crippen MR) is 98.6 cm³/mol. The fourth-order valence-corrected chi connectivity index (χ4v) is 2.54. The van der Waals surface area contributed by atoms with Crippen molar-refractivity contribution in [2.24, 2.45) is 0 Å². The van der Waals surface area contributed by atoms with Gasteiger partial charge in [0.25, 0.3) is 5.91 Å². The standard InChI is InChI=1S/C20H21N3O4/c1-14-6-7-17(18(9-14)25-3)26-13-19-22-16(12-27-19)20(24)23(2)11-15-5-4-8-21-10-15/h4-10,12H,11,13H2,1-3H3. The summed E-state index contributed by atoms with van der Waals surface area (Å²) in [6, 6.07) is 9.38. The number of rotatable bonds is 7. The van der Waals surface area contributed by atoms with Crippen LogP contribution in [0.2, 0.25) is 0 Å². The first-order valence-corrected chi connectivity index (χ1v) is 8.43. The number of oxazole rings is 1. The van der Waals surface area contributed by atoms with E-state index in [1.54, 1.807) is 31.5 Å². The first kappa shape index (κ1) is 18.4. The minimum atomic E-state index is -0.234. The SMILES string of the molecule is COc1cc(C)ccc1OCc1nc(C(=O)N(C)Cc2cccnc2)co1. The van der Waals surface area contributed by atoms with E-state index in [2.05, 4.69) is 9.97 Å². The van der Waals surface area contributed by atoms with Crippen LogP contribution in [0, 0.1) is 6.92 Å². The van der Waals surface area contributed by atoms with E-state index in [0.717, 1.165) is 11.1 Å². The van der Waals surface area contributed by atoms with Crippen LogP contribution in [-0.2, 0) is 13.2 Å². The number of hydrogen-bond acceptors (Lipinski definition) is 6. The molecule has 0 N–H and O–H groups in total. The lowest BCUT2D eigenvalue weighted by molar-refractivity contribution is 0.0779. The lowest BCUT2D eigenvalue weighted by atomic mass is 10.2. The molecule has 0 radical (unpaired) electrons. The highest BCUT2D eigenvalue weighted by atomic mass is 16.5. The Labute approximate surface area is 157 Å². The molecule has 140 valence electrons. The fraction of sp³-hybridized carbons (Fsp3) is 0.250. The van der Waals surface area contributed by atoms with Crippen molar-refractivity contribution in [3.8, 4) is 11.5 Å². The van der Waals surface area contributed by atoms with Crippen molar-refractivity contribution in [1.82, 2.24) is 14.9 Å². The number of amides is 1. The van der Waals surface area contributed by atoms with Crippen molar-refractivity contribution in [3.63, 3.8) is 0 Å². The molecule has 7 nitrogen and oxygen atoms in total. The molecule has 0 atom stereocenters. The summed E-state index contributed by atoms with van der Waals surface area (Å²) in [4.78, 5) is 22.3. The second-order valence-electron chi connectivity index (χ2n) is 6.09. The monoisotopic (exact) mass is 367 g/mol. The van der Waals surface area contributed by atoms with Crippen LogP contribution in [0.3, 0.4) is 0 Å². The van der Waals surface area contributed by atoms with Crippen LogP contribution in [0.5, 0.6) is 11.5 Å². The maximum atomic E-state index is 12.5. The fourth-order valence-electron chi connectivity index (χ4n) is 2.54. The molecule has 3 aromatic rings. The average Bonchev–Trinajstić information content (AvgIpc) is 3.16. The highest BCUT2D eigenvalue weighted by molar-refractivity contribution is 5.91. The van der Waals surface area contributed by atoms with Crippen molar-refractivity contribution in [2.75, 3.05) is 14.2 Å². The molecule has 0 unspecified atom stereocenters. The molecule has 0 fully saturated rings. The molecule has 0 saturated carbocycles. The van der Waals surface area contributed by atoms with E-state index < -0.39 is 0 Å². The highest BCUT2D eigenvalue weighted by Gasteiger charge is 2.17. The summed E-state index contributed by atoms with van der Waals surface area (Å²) in [5.74, 6) is 1.30. The normalized spacial score (nSPS) is 10.5. The summed E-state index contributed by atoms with van der Waals surface area (Å²) in [7, 11) is 3.29. The third-order valence-corrected chi connectivity index (χ3v) is 3.93. The average molecular weight is 367 g/mol. The number of carbonyl (C=O) groups is 1. The van der Waals surface area contributed by atoms with Crippen molar-refractivity contribution >= 4 is 5.91 Å². The van der Waals surface area contributed by atoms with Crippen LogP contribution in [0.25, 0.3) is 0 Å². The largest absolute Gasteiger partial charge is 0.493 e. The van der Waals surface area contributed by atoms with Crippen molar-refractivity contribution in [2.45, 2.75) is 20.1 Å². The molecule has 0 spiro atoms. The second kappa shape index (κ2) is 8.35. The maximum Gasteiger partial charge on any atom is 0.275 e. The molecule has 0 saturated heterocycles. The predicted octanol–water partition coefficient (Wildman–Crippen LogP) is 3.24. The number of aryl methyl sites for hydroxylation is 1. The van der Waals surface area contributed by atoms with Crippen molar-refractivity contribution in [3.05, 3.63) is 71.7 Å². The Balaban J connectivity index is 1.62. The van der Waals surface area contributed by atoms with Gasteiger partial charge >= 0.3 is 0 Å². The molecule has 2 aromatic heterocycles. The molecular formula is C20H21N3O4. The Morgan fingerprint density at radius 2 is 2.11 bits per heavy atom. The Bertz CT molecular complexity index is 909. The van der Waals surface area contributed by atoms with Gasteiger partial charge in [-0.3, -0.25) is 9.78 Å². The zero-order valence-corrected chi connectivity index (χ0v) is 15.5. The molecule has 2 heterocycles. The number of ether oxygens (including phenoxy) is 2. The molecule has 0 aliphatic heterocycles. The summed E-state index contributed by atoms with van der Waals surface area (Å²) in [5, 5.41) is 0. The van der Waals surface area contributed by atoms with Gasteiger partial charge in [-0.2, -0.15) is 0 Å². The van der Waals surface area contributed by atoms with Gasteiger partial charge in [-0.25, -0.2) is 4.98 Å². The molecular weight excluding hydrogens is 346 g/mol. The van der Waals surface area contributed by atoms with E-state index in [1.165, 1.54) is 6.26 Å². The van der Waals surface area contributed by atoms with Gasteiger partial charge in [-0.05, 0) is 36.2 Å². The molecule has 27 heavy (non-hydrogen) atoms. The first-order valence-electron chi connectivity index (χ1n) is 8.43. The summed E-state index contributed by atoms with van der Waals surface area (Å²) >= 11 is 0. The first-order chi connectivity index (χ1) is 13.1. The Hall–Kier alpha value is -3.35. The Kier molecular flexibility index (Phi) is 5.71. The van der Waals surface area contributed by atoms with E-state index >= 15 is 0 Å². The summed E-state index contributed by atoms with van der Waals surface area (Å²) in [5.41, 5.74) is 2.24. The lowest BCUT2D eigenvalue weighted by Gasteiger charge is -2.15. The van der Waals surface area contributed by atoms with Gasteiger partial charge in [0.2, 0.25) is 5.89 Å². The zero-order chi connectivity index (χ0) is 19.2. The van der Waals surface area contributed by atoms with Gasteiger partial charge in [-0.1, -0.05) is 12.1 Å². The number of hydrogen-bond donors (Lipinski definition) is 0. The van der Waals surface area contributed by atoms with Crippen LogP contribution >= 0.6 is 0 Å². The zero-order valence-electron chi connectivity index (χ0n) is 15.5. The van der Waals surface area contributed by atoms with E-state index in [4.69, 9.17) is 13.9 Å². The molecule has 1 amide bonds. The molecule has 0 aliphatic carbocycles. The number of carbonyl (C=O) groups excluding carboxylic acids is 1. The van der Waals surface area contributed by atoms with Gasteiger partial charge in [0.1, 0.15) is 6.26 Å². The van der Waals surface area contributed by atoms with Gasteiger partial charge in [0.05, 0.1) is 7.11 Å². The number of nitrogens with zero attached hydrogens (tertiary/aromatic N) is 3. The number of pyridine rings is 1. The van der Waals surface area contributed by atoms with Crippen LogP contribution in [0.15, 0.2) is 53.4 Å². The topological polar surface area (TPSA) is 77.7 Å². The van der Waals surface area contributed by atoms with Crippen LogP contribution < -0.4 is 9.47 Å². The van der Waals surface area contributed by atoms with Gasteiger partial charge in [0, 0.05) is 26.0 Å². The third-order valence-electron chi connectivity index (χ3n) is 3.93. The Morgan fingerprint density at radius 1 is 1.26 bits per heavy atom. The number of benzene rings is 1. The number of methoxy groups -OCH3 is 1. The van der Waals surface area contributed by atoms with E-state index in [0.29, 0.717) is 23.9 Å². The van der Waals surface area contributed by atoms with E-state index in [9.17, 15) is 4.79 Å². The summed E-state index contributed by atoms with van der Waals surface area (Å²) < 4.78 is 16.4. The van der Waals surface area contributed by atoms with E-state index in [1.807, 2.05) is 37.3 Å². The number of aromatic nitrogens is 2. The minimum Gasteiger partial charge on any atom is -0.493 e. The molecule has 7 heteroatoms. The van der Waals surface area contributed by atoms with Gasteiger partial charge < -0.3 is 18.8 Å². The van der Waals surface area contributed by atoms with E-state index in [-0.39, 0.29) is 18.2 Å². The van der Waals surface area contributed by atoms with Gasteiger partial charge in [-0.15, -0.1) is 0 Å². The van der Waals surface area contributed by atoms with Crippen molar-refractivity contribution < 1.29 is 18.7 Å². The molecule has 0 aliphatic rings. The smallest absolute Gasteiger partial charge is 0.275 e. The van der Waals surface area contributed by atoms with Crippen molar-refractivity contribution in [1.29, 1.82) is 0 Å². The highest BCUT2D eigenvalue weighted by Crippen LogP contribution is 2.28. The second-order valence-corrected chi connectivity index (χ2v) is 6.09. The molecule has 3 rings (SSSR count).